The average Bonchev–Trinajstić information content (AvgIpc) is 2.45. The molecule has 114 valence electrons. The smallest absolute Gasteiger partial charge is 0.326 e. The molecule has 0 aromatic rings. The van der Waals surface area contributed by atoms with Gasteiger partial charge < -0.3 is 20.1 Å². The Labute approximate surface area is 118 Å². The van der Waals surface area contributed by atoms with Crippen LogP contribution >= 0.6 is 0 Å². The molecule has 1 fully saturated rings. The van der Waals surface area contributed by atoms with Gasteiger partial charge in [-0.1, -0.05) is 13.3 Å². The fourth-order valence-electron chi connectivity index (χ4n) is 2.31. The number of amides is 2. The third-order valence-electron chi connectivity index (χ3n) is 3.42. The van der Waals surface area contributed by atoms with Crippen molar-refractivity contribution in [3.8, 4) is 0 Å². The third kappa shape index (κ3) is 4.40. The number of carboxylic acids is 1. The van der Waals surface area contributed by atoms with Gasteiger partial charge in [0.2, 0.25) is 0 Å². The number of ether oxygens (including phenoxy) is 1. The van der Waals surface area contributed by atoms with Crippen molar-refractivity contribution in [2.45, 2.75) is 38.6 Å². The predicted octanol–water partition coefficient (Wildman–Crippen LogP) is 0.834. The first-order chi connectivity index (χ1) is 9.49. The number of nitrogens with one attached hydrogen (secondary N) is 1. The Morgan fingerprint density at radius 3 is 2.70 bits per heavy atom. The number of carbonyl (C=O) groups excluding carboxylic acids is 2. The van der Waals surface area contributed by atoms with Crippen molar-refractivity contribution in [2.75, 3.05) is 20.2 Å². The van der Waals surface area contributed by atoms with E-state index in [4.69, 9.17) is 5.11 Å². The zero-order valence-electron chi connectivity index (χ0n) is 11.9. The normalized spacial score (nSPS) is 20.1. The van der Waals surface area contributed by atoms with E-state index < -0.39 is 18.0 Å². The number of esters is 1. The van der Waals surface area contributed by atoms with Gasteiger partial charge in [0.05, 0.1) is 13.0 Å². The summed E-state index contributed by atoms with van der Waals surface area (Å²) in [6.45, 7) is 2.66. The highest BCUT2D eigenvalue weighted by atomic mass is 16.5. The second-order valence-electron chi connectivity index (χ2n) is 4.94. The largest absolute Gasteiger partial charge is 0.480 e. The molecule has 0 bridgehead atoms. The summed E-state index contributed by atoms with van der Waals surface area (Å²) in [6.07, 6.45) is 2.45. The molecule has 1 saturated heterocycles. The lowest BCUT2D eigenvalue weighted by molar-refractivity contribution is -0.147. The molecule has 7 nitrogen and oxygen atoms in total. The van der Waals surface area contributed by atoms with E-state index in [-0.39, 0.29) is 18.4 Å². The van der Waals surface area contributed by atoms with Crippen LogP contribution in [0, 0.1) is 5.92 Å². The summed E-state index contributed by atoms with van der Waals surface area (Å²) in [4.78, 5) is 36.0. The van der Waals surface area contributed by atoms with Gasteiger partial charge in [0, 0.05) is 13.1 Å². The number of aliphatic carboxylic acids is 1. The maximum absolute atomic E-state index is 12.0. The molecule has 0 aliphatic carbocycles. The van der Waals surface area contributed by atoms with Gasteiger partial charge in [0.25, 0.3) is 0 Å². The number of carboxylic acid groups (broad SMARTS) is 1. The topological polar surface area (TPSA) is 95.9 Å². The van der Waals surface area contributed by atoms with Crippen LogP contribution in [0.4, 0.5) is 4.79 Å². The van der Waals surface area contributed by atoms with Gasteiger partial charge >= 0.3 is 18.0 Å². The molecule has 0 radical (unpaired) electrons. The van der Waals surface area contributed by atoms with Crippen LogP contribution in [0.5, 0.6) is 0 Å². The number of hydrogen-bond acceptors (Lipinski definition) is 4. The van der Waals surface area contributed by atoms with Gasteiger partial charge in [0.1, 0.15) is 6.04 Å². The maximum Gasteiger partial charge on any atom is 0.326 e. The molecule has 0 aromatic heterocycles. The van der Waals surface area contributed by atoms with Crippen molar-refractivity contribution in [1.29, 1.82) is 0 Å². The first kappa shape index (κ1) is 16.3. The quantitative estimate of drug-likeness (QED) is 0.730. The molecule has 2 amide bonds. The minimum absolute atomic E-state index is 0.275. The van der Waals surface area contributed by atoms with Gasteiger partial charge in [-0.25, -0.2) is 9.59 Å². The van der Waals surface area contributed by atoms with E-state index in [1.165, 1.54) is 12.0 Å². The molecule has 1 heterocycles. The average molecular weight is 286 g/mol. The van der Waals surface area contributed by atoms with Gasteiger partial charge in [-0.15, -0.1) is 0 Å². The first-order valence-corrected chi connectivity index (χ1v) is 6.85. The number of likely N-dealkylation sites (tertiary alicyclic amines) is 1. The molecule has 1 unspecified atom stereocenters. The highest BCUT2D eigenvalue weighted by Crippen LogP contribution is 2.17. The lowest BCUT2D eigenvalue weighted by Gasteiger charge is -2.32. The van der Waals surface area contributed by atoms with Crippen LogP contribution in [0.15, 0.2) is 0 Å². The summed E-state index contributed by atoms with van der Waals surface area (Å²) >= 11 is 0. The Kier molecular flexibility index (Phi) is 6.27. The summed E-state index contributed by atoms with van der Waals surface area (Å²) in [5, 5.41) is 11.5. The van der Waals surface area contributed by atoms with Crippen molar-refractivity contribution in [3.05, 3.63) is 0 Å². The molecule has 0 aromatic carbocycles. The monoisotopic (exact) mass is 286 g/mol. The molecule has 1 aliphatic heterocycles. The minimum Gasteiger partial charge on any atom is -0.480 e. The van der Waals surface area contributed by atoms with Crippen molar-refractivity contribution in [2.24, 2.45) is 5.92 Å². The van der Waals surface area contributed by atoms with Crippen molar-refractivity contribution in [1.82, 2.24) is 10.2 Å². The lowest BCUT2D eigenvalue weighted by Crippen LogP contribution is -2.51. The Balaban J connectivity index is 2.57. The van der Waals surface area contributed by atoms with E-state index in [0.717, 1.165) is 0 Å². The van der Waals surface area contributed by atoms with Crippen molar-refractivity contribution in [3.63, 3.8) is 0 Å². The number of carbonyl (C=O) groups is 3. The Morgan fingerprint density at radius 2 is 2.15 bits per heavy atom. The van der Waals surface area contributed by atoms with E-state index in [1.54, 1.807) is 0 Å². The van der Waals surface area contributed by atoms with E-state index >= 15 is 0 Å². The Morgan fingerprint density at radius 1 is 1.45 bits per heavy atom. The molecular formula is C13H22N2O5. The standard InChI is InChI=1S/C13H22N2O5/c1-3-5-10(11(16)17)14-13(19)15-7-4-6-9(8-15)12(18)20-2/h9-10H,3-8H2,1-2H3,(H,14,19)(H,16,17)/t9?,10-/m0/s1. The molecule has 2 N–H and O–H groups in total. The van der Waals surface area contributed by atoms with Crippen LogP contribution < -0.4 is 5.32 Å². The van der Waals surface area contributed by atoms with Gasteiger partial charge in [-0.2, -0.15) is 0 Å². The molecular weight excluding hydrogens is 264 g/mol. The predicted molar refractivity (Wildman–Crippen MR) is 71.2 cm³/mol. The van der Waals surface area contributed by atoms with Gasteiger partial charge in [-0.3, -0.25) is 4.79 Å². The van der Waals surface area contributed by atoms with Crippen LogP contribution in [0.2, 0.25) is 0 Å². The fraction of sp³-hybridized carbons (Fsp3) is 0.769. The number of rotatable bonds is 5. The summed E-state index contributed by atoms with van der Waals surface area (Å²) in [7, 11) is 1.32. The number of methoxy groups -OCH3 is 1. The van der Waals surface area contributed by atoms with Crippen LogP contribution in [-0.4, -0.2) is 54.2 Å². The van der Waals surface area contributed by atoms with E-state index in [0.29, 0.717) is 32.2 Å². The summed E-state index contributed by atoms with van der Waals surface area (Å²) in [5.41, 5.74) is 0. The molecule has 7 heteroatoms. The Hall–Kier alpha value is -1.79. The zero-order chi connectivity index (χ0) is 15.1. The highest BCUT2D eigenvalue weighted by molar-refractivity contribution is 5.83. The summed E-state index contributed by atoms with van der Waals surface area (Å²) in [5.74, 6) is -1.69. The van der Waals surface area contributed by atoms with E-state index in [2.05, 4.69) is 10.1 Å². The van der Waals surface area contributed by atoms with Crippen LogP contribution in [0.1, 0.15) is 32.6 Å². The van der Waals surface area contributed by atoms with Crippen molar-refractivity contribution >= 4 is 18.0 Å². The highest BCUT2D eigenvalue weighted by Gasteiger charge is 2.30. The molecule has 0 saturated carbocycles. The minimum atomic E-state index is -1.04. The van der Waals surface area contributed by atoms with Gasteiger partial charge in [0.15, 0.2) is 0 Å². The molecule has 1 rings (SSSR count). The number of piperidine rings is 1. The summed E-state index contributed by atoms with van der Waals surface area (Å²) in [6, 6.07) is -1.31. The number of nitrogens with zero attached hydrogens (tertiary/aromatic N) is 1. The van der Waals surface area contributed by atoms with E-state index in [1.807, 2.05) is 6.92 Å². The third-order valence-corrected chi connectivity index (χ3v) is 3.42. The van der Waals surface area contributed by atoms with Gasteiger partial charge in [-0.05, 0) is 19.3 Å². The number of urea groups is 1. The second kappa shape index (κ2) is 7.72. The zero-order valence-corrected chi connectivity index (χ0v) is 11.9. The maximum atomic E-state index is 12.0. The summed E-state index contributed by atoms with van der Waals surface area (Å²) < 4.78 is 4.68. The Bertz CT molecular complexity index is 372. The fourth-order valence-corrected chi connectivity index (χ4v) is 2.31. The first-order valence-electron chi connectivity index (χ1n) is 6.85. The second-order valence-corrected chi connectivity index (χ2v) is 4.94. The molecule has 2 atom stereocenters. The van der Waals surface area contributed by atoms with Crippen LogP contribution in [0.25, 0.3) is 0 Å². The molecule has 0 spiro atoms. The van der Waals surface area contributed by atoms with E-state index in [9.17, 15) is 14.4 Å². The van der Waals surface area contributed by atoms with Crippen molar-refractivity contribution < 1.29 is 24.2 Å². The molecule has 1 aliphatic rings. The SMILES string of the molecule is CCC[C@H](NC(=O)N1CCCC(C(=O)OC)C1)C(=O)O. The number of hydrogen-bond donors (Lipinski definition) is 2. The van der Waals surface area contributed by atoms with Crippen LogP contribution in [0.3, 0.4) is 0 Å². The van der Waals surface area contributed by atoms with Crippen LogP contribution in [-0.2, 0) is 14.3 Å². The molecule has 20 heavy (non-hydrogen) atoms. The lowest BCUT2D eigenvalue weighted by atomic mass is 9.98.